The van der Waals surface area contributed by atoms with Gasteiger partial charge in [-0.1, -0.05) is 171 Å². The summed E-state index contributed by atoms with van der Waals surface area (Å²) in [5.41, 5.74) is 19.2. The smallest absolute Gasteiger partial charge is 0.145 e. The van der Waals surface area contributed by atoms with Crippen LogP contribution in [-0.4, -0.2) is 9.55 Å². The molecule has 0 amide bonds. The number of aromatic nitrogens is 2. The van der Waals surface area contributed by atoms with Crippen LogP contribution < -0.4 is 0 Å². The lowest BCUT2D eigenvalue weighted by Gasteiger charge is -2.43. The number of nitrogens with zero attached hydrogens (tertiary/aromatic N) is 2. The highest BCUT2D eigenvalue weighted by molar-refractivity contribution is 7.99. The zero-order chi connectivity index (χ0) is 38.6. The van der Waals surface area contributed by atoms with Crippen molar-refractivity contribution in [1.29, 1.82) is 0 Å². The Morgan fingerprint density at radius 1 is 0.448 bits per heavy atom. The van der Waals surface area contributed by atoms with Gasteiger partial charge in [0.1, 0.15) is 5.82 Å². The second kappa shape index (κ2) is 12.4. The molecule has 3 aliphatic rings. The number of hydrogen-bond acceptors (Lipinski definition) is 2. The van der Waals surface area contributed by atoms with Crippen LogP contribution in [-0.2, 0) is 10.8 Å². The van der Waals surface area contributed by atoms with Gasteiger partial charge in [-0.3, -0.25) is 4.57 Å². The van der Waals surface area contributed by atoms with E-state index in [2.05, 4.69) is 213 Å². The van der Waals surface area contributed by atoms with Crippen molar-refractivity contribution < 1.29 is 0 Å². The quantitative estimate of drug-likeness (QED) is 0.179. The summed E-state index contributed by atoms with van der Waals surface area (Å²) in [4.78, 5) is 7.96. The summed E-state index contributed by atoms with van der Waals surface area (Å²) in [6.07, 6.45) is 4.66. The highest BCUT2D eigenvalue weighted by Crippen LogP contribution is 2.61. The summed E-state index contributed by atoms with van der Waals surface area (Å²) in [6, 6.07) is 67.3. The number of hydrogen-bond donors (Lipinski definition) is 0. The van der Waals surface area contributed by atoms with Crippen molar-refractivity contribution in [1.82, 2.24) is 9.55 Å². The highest BCUT2D eigenvalue weighted by atomic mass is 32.2. The lowest BCUT2D eigenvalue weighted by Crippen LogP contribution is -2.35. The van der Waals surface area contributed by atoms with Crippen LogP contribution in [0.25, 0.3) is 62.5 Å². The van der Waals surface area contributed by atoms with Crippen molar-refractivity contribution in [3.05, 3.63) is 226 Å². The SMILES string of the molecule is CC1(C)c2ccccc2-c2cc3c(cc21)Sc1ccccc1C31c2ccccc2C=Cc2ccc(-c3ccc4c(c3)nc(-c3ccccc3)n4-c3ccccc3)cc21. The van der Waals surface area contributed by atoms with Crippen molar-refractivity contribution in [2.24, 2.45) is 0 Å². The minimum Gasteiger partial charge on any atom is -0.292 e. The molecule has 0 fully saturated rings. The van der Waals surface area contributed by atoms with Gasteiger partial charge in [0.2, 0.25) is 0 Å². The van der Waals surface area contributed by atoms with Gasteiger partial charge in [0.15, 0.2) is 0 Å². The molecule has 8 aromatic carbocycles. The molecular formula is C55H38N2S. The Kier molecular flexibility index (Phi) is 7.16. The summed E-state index contributed by atoms with van der Waals surface area (Å²) < 4.78 is 2.29. The maximum Gasteiger partial charge on any atom is 0.145 e. The third kappa shape index (κ3) is 4.65. The van der Waals surface area contributed by atoms with Gasteiger partial charge in [0.05, 0.1) is 16.4 Å². The molecule has 2 heterocycles. The zero-order valence-electron chi connectivity index (χ0n) is 32.3. The molecule has 2 aliphatic carbocycles. The number of imidazole rings is 1. The first-order chi connectivity index (χ1) is 28.5. The largest absolute Gasteiger partial charge is 0.292 e. The molecule has 0 saturated heterocycles. The van der Waals surface area contributed by atoms with E-state index in [0.29, 0.717) is 0 Å². The summed E-state index contributed by atoms with van der Waals surface area (Å²) >= 11 is 1.92. The van der Waals surface area contributed by atoms with E-state index < -0.39 is 5.41 Å². The third-order valence-electron chi connectivity index (χ3n) is 12.9. The summed E-state index contributed by atoms with van der Waals surface area (Å²) in [7, 11) is 0. The van der Waals surface area contributed by atoms with Gasteiger partial charge in [-0.2, -0.15) is 0 Å². The normalized spacial score (nSPS) is 16.5. The van der Waals surface area contributed by atoms with Crippen LogP contribution in [0, 0.1) is 0 Å². The van der Waals surface area contributed by atoms with Gasteiger partial charge in [-0.05, 0) is 115 Å². The topological polar surface area (TPSA) is 17.8 Å². The maximum atomic E-state index is 5.33. The molecule has 0 saturated carbocycles. The standard InChI is InChI=1S/C55H38N2S/c1-54(2)44-22-12-10-20-41(44)42-33-48-52(34-47(42)54)58-51-24-14-13-23-45(51)55(48)43-21-11-9-15-35(43)25-26-36-27-28-38(31-46(36)55)39-29-30-50-49(32-39)56-53(37-16-5-3-6-17-37)57(50)40-18-7-4-8-19-40/h3-34H,1-2H3. The zero-order valence-corrected chi connectivity index (χ0v) is 33.1. The number of fused-ring (bicyclic) bond motifs is 12. The first-order valence-electron chi connectivity index (χ1n) is 20.1. The molecule has 1 spiro atoms. The second-order valence-electron chi connectivity index (χ2n) is 16.3. The van der Waals surface area contributed by atoms with E-state index in [1.165, 1.54) is 71.0 Å². The van der Waals surface area contributed by atoms with Crippen LogP contribution in [0.1, 0.15) is 58.4 Å². The average molecular weight is 759 g/mol. The summed E-state index contributed by atoms with van der Waals surface area (Å²) in [6.45, 7) is 4.77. The lowest BCUT2D eigenvalue weighted by molar-refractivity contribution is 0.653. The van der Waals surface area contributed by atoms with E-state index in [4.69, 9.17) is 4.98 Å². The molecule has 0 bridgehead atoms. The predicted octanol–water partition coefficient (Wildman–Crippen LogP) is 14.0. The van der Waals surface area contributed by atoms with Crippen LogP contribution in [0.4, 0.5) is 0 Å². The molecule has 3 heteroatoms. The molecule has 1 aromatic heterocycles. The molecule has 2 nitrogen and oxygen atoms in total. The predicted molar refractivity (Wildman–Crippen MR) is 241 cm³/mol. The highest BCUT2D eigenvalue weighted by Gasteiger charge is 2.48. The molecule has 1 aliphatic heterocycles. The summed E-state index contributed by atoms with van der Waals surface area (Å²) in [5.74, 6) is 0.937. The molecule has 274 valence electrons. The molecule has 12 rings (SSSR count). The second-order valence-corrected chi connectivity index (χ2v) is 17.4. The first-order valence-corrected chi connectivity index (χ1v) is 20.9. The van der Waals surface area contributed by atoms with E-state index in [1.807, 2.05) is 11.8 Å². The van der Waals surface area contributed by atoms with E-state index in [1.54, 1.807) is 0 Å². The molecule has 9 aromatic rings. The number of rotatable bonds is 3. The summed E-state index contributed by atoms with van der Waals surface area (Å²) in [5, 5.41) is 0. The third-order valence-corrected chi connectivity index (χ3v) is 14.0. The fraction of sp³-hybridized carbons (Fsp3) is 0.0727. The van der Waals surface area contributed by atoms with E-state index in [-0.39, 0.29) is 5.41 Å². The Morgan fingerprint density at radius 2 is 1.10 bits per heavy atom. The van der Waals surface area contributed by atoms with E-state index in [9.17, 15) is 0 Å². The first kappa shape index (κ1) is 33.5. The van der Waals surface area contributed by atoms with Crippen molar-refractivity contribution in [2.45, 2.75) is 34.5 Å². The molecular weight excluding hydrogens is 721 g/mol. The molecule has 58 heavy (non-hydrogen) atoms. The Morgan fingerprint density at radius 3 is 1.93 bits per heavy atom. The number of benzene rings is 8. The number of para-hydroxylation sites is 1. The van der Waals surface area contributed by atoms with Gasteiger partial charge in [0, 0.05) is 26.5 Å². The molecule has 0 radical (unpaired) electrons. The lowest BCUT2D eigenvalue weighted by atomic mass is 9.62. The van der Waals surface area contributed by atoms with Crippen LogP contribution in [0.3, 0.4) is 0 Å². The van der Waals surface area contributed by atoms with Crippen molar-refractivity contribution in [3.63, 3.8) is 0 Å². The van der Waals surface area contributed by atoms with Crippen LogP contribution in [0.15, 0.2) is 192 Å². The van der Waals surface area contributed by atoms with Gasteiger partial charge >= 0.3 is 0 Å². The van der Waals surface area contributed by atoms with Gasteiger partial charge in [-0.25, -0.2) is 4.98 Å². The van der Waals surface area contributed by atoms with Gasteiger partial charge in [-0.15, -0.1) is 0 Å². The van der Waals surface area contributed by atoms with E-state index >= 15 is 0 Å². The Balaban J connectivity index is 1.13. The minimum atomic E-state index is -0.571. The Hall–Kier alpha value is -6.68. The van der Waals surface area contributed by atoms with Crippen molar-refractivity contribution in [2.75, 3.05) is 0 Å². The van der Waals surface area contributed by atoms with E-state index in [0.717, 1.165) is 33.7 Å². The monoisotopic (exact) mass is 758 g/mol. The van der Waals surface area contributed by atoms with Crippen LogP contribution in [0.5, 0.6) is 0 Å². The Labute approximate surface area is 343 Å². The van der Waals surface area contributed by atoms with Crippen LogP contribution in [0.2, 0.25) is 0 Å². The van der Waals surface area contributed by atoms with Crippen molar-refractivity contribution >= 4 is 34.9 Å². The fourth-order valence-electron chi connectivity index (χ4n) is 10.2. The average Bonchev–Trinajstić information content (AvgIpc) is 3.71. The fourth-order valence-corrected chi connectivity index (χ4v) is 11.4. The van der Waals surface area contributed by atoms with Gasteiger partial charge < -0.3 is 0 Å². The van der Waals surface area contributed by atoms with Crippen LogP contribution >= 0.6 is 11.8 Å². The molecule has 0 N–H and O–H groups in total. The minimum absolute atomic E-state index is 0.0911. The van der Waals surface area contributed by atoms with Gasteiger partial charge in [0.25, 0.3) is 0 Å². The van der Waals surface area contributed by atoms with Crippen molar-refractivity contribution in [3.8, 4) is 39.3 Å². The maximum absolute atomic E-state index is 5.33. The molecule has 1 unspecified atom stereocenters. The molecule has 1 atom stereocenters. The Bertz CT molecular complexity index is 3170.